The smallest absolute Gasteiger partial charge is 0.147 e. The maximum Gasteiger partial charge on any atom is 0.147 e. The molecular formula is C4H10O2S. The monoisotopic (exact) mass is 122 g/mol. The first-order valence-corrected chi connectivity index (χ1v) is 4.30. The van der Waals surface area contributed by atoms with E-state index in [-0.39, 0.29) is 0 Å². The summed E-state index contributed by atoms with van der Waals surface area (Å²) < 4.78 is 20.5. The van der Waals surface area contributed by atoms with Crippen molar-refractivity contribution in [2.45, 2.75) is 13.3 Å². The van der Waals surface area contributed by atoms with E-state index in [1.165, 1.54) is 6.26 Å². The minimum absolute atomic E-state index is 0.312. The predicted molar refractivity (Wildman–Crippen MR) is 30.0 cm³/mol. The van der Waals surface area contributed by atoms with Crippen molar-refractivity contribution in [3.05, 3.63) is 0 Å². The normalized spacial score (nSPS) is 11.7. The minimum atomic E-state index is -2.67. The molecular weight excluding hydrogens is 112 g/mol. The summed E-state index contributed by atoms with van der Waals surface area (Å²) in [5, 5.41) is 0. The van der Waals surface area contributed by atoms with Crippen LogP contribution in [-0.4, -0.2) is 20.4 Å². The summed E-state index contributed by atoms with van der Waals surface area (Å²) in [5.41, 5.74) is 0. The summed E-state index contributed by atoms with van der Waals surface area (Å²) in [6.45, 7) is 1.85. The van der Waals surface area contributed by atoms with E-state index >= 15 is 0 Å². The molecule has 0 heterocycles. The van der Waals surface area contributed by atoms with Crippen molar-refractivity contribution in [2.75, 3.05) is 12.0 Å². The molecule has 0 aromatic rings. The Balaban J connectivity index is 3.60. The number of rotatable bonds is 2. The molecule has 0 bridgehead atoms. The zero-order valence-corrected chi connectivity index (χ0v) is 5.46. The minimum Gasteiger partial charge on any atom is -0.229 e. The van der Waals surface area contributed by atoms with Crippen LogP contribution in [0.1, 0.15) is 13.3 Å². The highest BCUT2D eigenvalue weighted by atomic mass is 32.2. The molecule has 0 amide bonds. The summed E-state index contributed by atoms with van der Waals surface area (Å²) in [7, 11) is -2.67. The van der Waals surface area contributed by atoms with E-state index in [9.17, 15) is 8.42 Å². The zero-order chi connectivity index (χ0) is 5.91. The van der Waals surface area contributed by atoms with Crippen LogP contribution in [0, 0.1) is 0 Å². The SMILES string of the molecule is CCCS(C)(=O)=O. The lowest BCUT2D eigenvalue weighted by atomic mass is 10.6. The van der Waals surface area contributed by atoms with E-state index in [1.54, 1.807) is 0 Å². The van der Waals surface area contributed by atoms with Crippen molar-refractivity contribution >= 4 is 9.84 Å². The standard InChI is InChI=1S/C4H10O2S/c1-3-4-7(2,5)6/h3-4H2,1-2H3. The Morgan fingerprint density at radius 1 is 1.43 bits per heavy atom. The van der Waals surface area contributed by atoms with Gasteiger partial charge in [0, 0.05) is 12.0 Å². The molecule has 0 N–H and O–H groups in total. The Bertz CT molecular complexity index is 123. The summed E-state index contributed by atoms with van der Waals surface area (Å²) in [6.07, 6.45) is 1.97. The maximum atomic E-state index is 10.2. The van der Waals surface area contributed by atoms with Crippen molar-refractivity contribution in [1.29, 1.82) is 0 Å². The molecule has 0 aromatic carbocycles. The molecule has 7 heavy (non-hydrogen) atoms. The van der Waals surface area contributed by atoms with Crippen LogP contribution < -0.4 is 0 Å². The highest BCUT2D eigenvalue weighted by Crippen LogP contribution is 1.84. The predicted octanol–water partition coefficient (Wildman–Crippen LogP) is 0.441. The van der Waals surface area contributed by atoms with Gasteiger partial charge in [0.1, 0.15) is 9.84 Å². The Kier molecular flexibility index (Phi) is 2.29. The molecule has 44 valence electrons. The van der Waals surface area contributed by atoms with Gasteiger partial charge in [-0.3, -0.25) is 0 Å². The van der Waals surface area contributed by atoms with E-state index in [0.717, 1.165) is 6.42 Å². The van der Waals surface area contributed by atoms with E-state index in [0.29, 0.717) is 5.75 Å². The Labute approximate surface area is 44.5 Å². The summed E-state index contributed by atoms with van der Waals surface area (Å²) in [4.78, 5) is 0. The van der Waals surface area contributed by atoms with Crippen molar-refractivity contribution in [3.63, 3.8) is 0 Å². The van der Waals surface area contributed by atoms with Gasteiger partial charge in [-0.05, 0) is 6.42 Å². The maximum absolute atomic E-state index is 10.2. The lowest BCUT2D eigenvalue weighted by Crippen LogP contribution is -2.00. The summed E-state index contributed by atoms with van der Waals surface area (Å²) in [6, 6.07) is 0. The van der Waals surface area contributed by atoms with Gasteiger partial charge in [-0.1, -0.05) is 6.92 Å². The second-order valence-electron chi connectivity index (χ2n) is 1.63. The number of sulfone groups is 1. The van der Waals surface area contributed by atoms with Crippen LogP contribution in [0.5, 0.6) is 0 Å². The van der Waals surface area contributed by atoms with Gasteiger partial charge in [0.05, 0.1) is 0 Å². The van der Waals surface area contributed by atoms with E-state index in [1.807, 2.05) is 6.92 Å². The molecule has 0 saturated carbocycles. The molecule has 0 rings (SSSR count). The van der Waals surface area contributed by atoms with Crippen molar-refractivity contribution < 1.29 is 8.42 Å². The molecule has 0 saturated heterocycles. The Morgan fingerprint density at radius 2 is 1.86 bits per heavy atom. The summed E-state index contributed by atoms with van der Waals surface area (Å²) in [5.74, 6) is 0.312. The molecule has 0 spiro atoms. The second kappa shape index (κ2) is 2.31. The van der Waals surface area contributed by atoms with Crippen LogP contribution in [0.4, 0.5) is 0 Å². The highest BCUT2D eigenvalue weighted by Gasteiger charge is 1.95. The van der Waals surface area contributed by atoms with Gasteiger partial charge in [-0.2, -0.15) is 0 Å². The Morgan fingerprint density at radius 3 is 1.86 bits per heavy atom. The van der Waals surface area contributed by atoms with Crippen LogP contribution in [0.25, 0.3) is 0 Å². The first-order valence-electron chi connectivity index (χ1n) is 2.24. The molecule has 0 aliphatic heterocycles. The van der Waals surface area contributed by atoms with Crippen molar-refractivity contribution in [2.24, 2.45) is 0 Å². The fourth-order valence-corrected chi connectivity index (χ4v) is 1.11. The van der Waals surface area contributed by atoms with Gasteiger partial charge in [-0.15, -0.1) is 0 Å². The topological polar surface area (TPSA) is 34.1 Å². The van der Waals surface area contributed by atoms with Crippen LogP contribution in [0.2, 0.25) is 0 Å². The van der Waals surface area contributed by atoms with Gasteiger partial charge >= 0.3 is 0 Å². The summed E-state index contributed by atoms with van der Waals surface area (Å²) >= 11 is 0. The lowest BCUT2D eigenvalue weighted by molar-refractivity contribution is 0.600. The molecule has 0 radical (unpaired) electrons. The third-order valence-corrected chi connectivity index (χ3v) is 1.72. The van der Waals surface area contributed by atoms with Crippen molar-refractivity contribution in [1.82, 2.24) is 0 Å². The third kappa shape index (κ3) is 5.95. The first kappa shape index (κ1) is 6.95. The Hall–Kier alpha value is -0.0500. The highest BCUT2D eigenvalue weighted by molar-refractivity contribution is 7.90. The fraction of sp³-hybridized carbons (Fsp3) is 1.00. The van der Waals surface area contributed by atoms with E-state index < -0.39 is 9.84 Å². The average Bonchev–Trinajstić information content (AvgIpc) is 1.30. The second-order valence-corrected chi connectivity index (χ2v) is 3.89. The zero-order valence-electron chi connectivity index (χ0n) is 4.64. The fourth-order valence-electron chi connectivity index (χ4n) is 0.371. The van der Waals surface area contributed by atoms with E-state index in [4.69, 9.17) is 0 Å². The molecule has 3 heteroatoms. The van der Waals surface area contributed by atoms with Crippen LogP contribution in [0.15, 0.2) is 0 Å². The molecule has 0 fully saturated rings. The molecule has 0 unspecified atom stereocenters. The third-order valence-electron chi connectivity index (χ3n) is 0.575. The largest absolute Gasteiger partial charge is 0.229 e. The number of hydrogen-bond acceptors (Lipinski definition) is 2. The van der Waals surface area contributed by atoms with Gasteiger partial charge < -0.3 is 0 Å². The van der Waals surface area contributed by atoms with Crippen LogP contribution >= 0.6 is 0 Å². The van der Waals surface area contributed by atoms with Gasteiger partial charge in [0.25, 0.3) is 0 Å². The average molecular weight is 122 g/mol. The molecule has 0 aromatic heterocycles. The van der Waals surface area contributed by atoms with E-state index in [2.05, 4.69) is 0 Å². The van der Waals surface area contributed by atoms with Gasteiger partial charge in [0.15, 0.2) is 0 Å². The van der Waals surface area contributed by atoms with Crippen LogP contribution in [-0.2, 0) is 9.84 Å². The van der Waals surface area contributed by atoms with Gasteiger partial charge in [0.2, 0.25) is 0 Å². The molecule has 0 aliphatic carbocycles. The molecule has 2 nitrogen and oxygen atoms in total. The number of hydrogen-bond donors (Lipinski definition) is 0. The quantitative estimate of drug-likeness (QED) is 0.532. The van der Waals surface area contributed by atoms with Gasteiger partial charge in [-0.25, -0.2) is 8.42 Å². The van der Waals surface area contributed by atoms with Crippen LogP contribution in [0.3, 0.4) is 0 Å². The first-order chi connectivity index (χ1) is 3.06. The lowest BCUT2D eigenvalue weighted by Gasteiger charge is -1.87. The van der Waals surface area contributed by atoms with Crippen molar-refractivity contribution in [3.8, 4) is 0 Å². The molecule has 0 aliphatic rings. The molecule has 0 atom stereocenters.